The van der Waals surface area contributed by atoms with Crippen LogP contribution < -0.4 is 5.73 Å². The maximum atomic E-state index is 12.5. The maximum absolute atomic E-state index is 12.5. The van der Waals surface area contributed by atoms with Gasteiger partial charge in [0.05, 0.1) is 11.6 Å². The molecule has 21 heavy (non-hydrogen) atoms. The van der Waals surface area contributed by atoms with Crippen molar-refractivity contribution < 1.29 is 18.0 Å². The molecule has 0 aliphatic rings. The molecule has 1 amide bonds. The number of nitrogens with two attached hydrogens (primary N) is 1. The van der Waals surface area contributed by atoms with Crippen LogP contribution in [0.3, 0.4) is 0 Å². The molecule has 0 spiro atoms. The molecule has 0 saturated carbocycles. The van der Waals surface area contributed by atoms with Crippen molar-refractivity contribution in [1.29, 1.82) is 0 Å². The van der Waals surface area contributed by atoms with Crippen molar-refractivity contribution in [3.8, 4) is 0 Å². The van der Waals surface area contributed by atoms with Crippen LogP contribution in [0, 0.1) is 5.41 Å². The third kappa shape index (κ3) is 4.74. The predicted octanol–water partition coefficient (Wildman–Crippen LogP) is 3.04. The zero-order valence-electron chi connectivity index (χ0n) is 12.7. The van der Waals surface area contributed by atoms with Crippen LogP contribution in [0.15, 0.2) is 24.3 Å². The standard InChI is InChI=1S/C15H21F3N2O/c1-14(2,3)12(19)13(21)20(4)9-10-5-7-11(8-6-10)15(16,17)18/h5-8,12H,9,19H2,1-4H3. The van der Waals surface area contributed by atoms with Crippen molar-refractivity contribution in [3.63, 3.8) is 0 Å². The van der Waals surface area contributed by atoms with Crippen molar-refractivity contribution in [2.24, 2.45) is 11.1 Å². The Morgan fingerprint density at radius 2 is 1.67 bits per heavy atom. The van der Waals surface area contributed by atoms with Gasteiger partial charge in [-0.2, -0.15) is 13.2 Å². The number of hydrogen-bond acceptors (Lipinski definition) is 2. The number of rotatable bonds is 3. The Hall–Kier alpha value is -1.56. The van der Waals surface area contributed by atoms with Gasteiger partial charge >= 0.3 is 6.18 Å². The van der Waals surface area contributed by atoms with Gasteiger partial charge in [0, 0.05) is 13.6 Å². The Morgan fingerprint density at radius 1 is 1.19 bits per heavy atom. The number of amides is 1. The number of halogens is 3. The topological polar surface area (TPSA) is 46.3 Å². The van der Waals surface area contributed by atoms with Gasteiger partial charge in [-0.3, -0.25) is 4.79 Å². The quantitative estimate of drug-likeness (QED) is 0.933. The first kappa shape index (κ1) is 17.5. The Kier molecular flexibility index (Phi) is 5.04. The highest BCUT2D eigenvalue weighted by molar-refractivity contribution is 5.82. The average Bonchev–Trinajstić information content (AvgIpc) is 2.35. The Balaban J connectivity index is 2.75. The number of nitrogens with zero attached hydrogens (tertiary/aromatic N) is 1. The number of likely N-dealkylation sites (N-methyl/N-ethyl adjacent to an activating group) is 1. The van der Waals surface area contributed by atoms with Gasteiger partial charge in [0.25, 0.3) is 0 Å². The second kappa shape index (κ2) is 6.05. The van der Waals surface area contributed by atoms with Gasteiger partial charge in [0.15, 0.2) is 0 Å². The van der Waals surface area contributed by atoms with E-state index in [4.69, 9.17) is 5.73 Å². The minimum atomic E-state index is -4.35. The highest BCUT2D eigenvalue weighted by Gasteiger charge is 2.31. The van der Waals surface area contributed by atoms with E-state index >= 15 is 0 Å². The second-order valence-corrected chi connectivity index (χ2v) is 6.23. The summed E-state index contributed by atoms with van der Waals surface area (Å²) in [6.07, 6.45) is -4.35. The molecule has 1 rings (SSSR count). The van der Waals surface area contributed by atoms with E-state index in [0.29, 0.717) is 5.56 Å². The van der Waals surface area contributed by atoms with Gasteiger partial charge in [-0.05, 0) is 23.1 Å². The molecule has 0 aliphatic carbocycles. The van der Waals surface area contributed by atoms with E-state index in [9.17, 15) is 18.0 Å². The molecule has 0 radical (unpaired) electrons. The van der Waals surface area contributed by atoms with Crippen molar-refractivity contribution in [3.05, 3.63) is 35.4 Å². The zero-order chi connectivity index (χ0) is 16.4. The zero-order valence-corrected chi connectivity index (χ0v) is 12.7. The summed E-state index contributed by atoms with van der Waals surface area (Å²) in [7, 11) is 1.59. The number of benzene rings is 1. The van der Waals surface area contributed by atoms with Crippen molar-refractivity contribution >= 4 is 5.91 Å². The number of carbonyl (C=O) groups excluding carboxylic acids is 1. The molecule has 0 saturated heterocycles. The Labute approximate surface area is 122 Å². The number of hydrogen-bond donors (Lipinski definition) is 1. The lowest BCUT2D eigenvalue weighted by Crippen LogP contribution is -2.48. The molecule has 1 unspecified atom stereocenters. The highest BCUT2D eigenvalue weighted by Crippen LogP contribution is 2.29. The molecule has 3 nitrogen and oxygen atoms in total. The molecule has 2 N–H and O–H groups in total. The van der Waals surface area contributed by atoms with E-state index in [1.165, 1.54) is 17.0 Å². The molecular formula is C15H21F3N2O. The molecular weight excluding hydrogens is 281 g/mol. The molecule has 1 aromatic rings. The number of alkyl halides is 3. The molecule has 118 valence electrons. The van der Waals surface area contributed by atoms with Gasteiger partial charge in [0.2, 0.25) is 5.91 Å². The highest BCUT2D eigenvalue weighted by atomic mass is 19.4. The van der Waals surface area contributed by atoms with Gasteiger partial charge < -0.3 is 10.6 Å². The summed E-state index contributed by atoms with van der Waals surface area (Å²) in [4.78, 5) is 13.6. The third-order valence-corrected chi connectivity index (χ3v) is 3.28. The van der Waals surface area contributed by atoms with Crippen LogP contribution in [0.4, 0.5) is 13.2 Å². The van der Waals surface area contributed by atoms with E-state index in [0.717, 1.165) is 12.1 Å². The van der Waals surface area contributed by atoms with Crippen LogP contribution in [0.2, 0.25) is 0 Å². The number of carbonyl (C=O) groups is 1. The minimum absolute atomic E-state index is 0.223. The third-order valence-electron chi connectivity index (χ3n) is 3.28. The fourth-order valence-corrected chi connectivity index (χ4v) is 1.76. The molecule has 0 bridgehead atoms. The predicted molar refractivity (Wildman–Crippen MR) is 75.3 cm³/mol. The van der Waals surface area contributed by atoms with E-state index in [-0.39, 0.29) is 17.9 Å². The normalized spacial score (nSPS) is 13.9. The Bertz CT molecular complexity index is 489. The summed E-state index contributed by atoms with van der Waals surface area (Å²) in [5.41, 5.74) is 5.44. The molecule has 1 aromatic carbocycles. The second-order valence-electron chi connectivity index (χ2n) is 6.23. The summed E-state index contributed by atoms with van der Waals surface area (Å²) in [5.74, 6) is -0.234. The summed E-state index contributed by atoms with van der Waals surface area (Å²) < 4.78 is 37.4. The SMILES string of the molecule is CN(Cc1ccc(C(F)(F)F)cc1)C(=O)C(N)C(C)(C)C. The minimum Gasteiger partial charge on any atom is -0.340 e. The van der Waals surface area contributed by atoms with Crippen LogP contribution in [0.25, 0.3) is 0 Å². The first-order valence-electron chi connectivity index (χ1n) is 6.59. The van der Waals surface area contributed by atoms with Crippen LogP contribution in [-0.2, 0) is 17.5 Å². The van der Waals surface area contributed by atoms with Gasteiger partial charge in [-0.1, -0.05) is 32.9 Å². The fourth-order valence-electron chi connectivity index (χ4n) is 1.76. The lowest BCUT2D eigenvalue weighted by atomic mass is 9.86. The van der Waals surface area contributed by atoms with E-state index in [1.54, 1.807) is 7.05 Å². The molecule has 0 heterocycles. The average molecular weight is 302 g/mol. The summed E-state index contributed by atoms with van der Waals surface area (Å²) >= 11 is 0. The van der Waals surface area contributed by atoms with Crippen molar-refractivity contribution in [2.75, 3.05) is 7.05 Å². The fraction of sp³-hybridized carbons (Fsp3) is 0.533. The van der Waals surface area contributed by atoms with Crippen LogP contribution >= 0.6 is 0 Å². The largest absolute Gasteiger partial charge is 0.416 e. The Morgan fingerprint density at radius 3 is 2.05 bits per heavy atom. The van der Waals surface area contributed by atoms with Crippen LogP contribution in [-0.4, -0.2) is 23.9 Å². The molecule has 0 aliphatic heterocycles. The van der Waals surface area contributed by atoms with Gasteiger partial charge in [-0.25, -0.2) is 0 Å². The lowest BCUT2D eigenvalue weighted by molar-refractivity contribution is -0.137. The van der Waals surface area contributed by atoms with Crippen molar-refractivity contribution in [1.82, 2.24) is 4.90 Å². The molecule has 1 atom stereocenters. The molecule has 0 aromatic heterocycles. The lowest BCUT2D eigenvalue weighted by Gasteiger charge is -2.30. The van der Waals surface area contributed by atoms with E-state index < -0.39 is 17.8 Å². The van der Waals surface area contributed by atoms with Crippen LogP contribution in [0.1, 0.15) is 31.9 Å². The van der Waals surface area contributed by atoms with Gasteiger partial charge in [-0.15, -0.1) is 0 Å². The van der Waals surface area contributed by atoms with Crippen molar-refractivity contribution in [2.45, 2.75) is 39.5 Å². The summed E-state index contributed by atoms with van der Waals surface area (Å²) in [5, 5.41) is 0. The first-order valence-corrected chi connectivity index (χ1v) is 6.59. The monoisotopic (exact) mass is 302 g/mol. The van der Waals surface area contributed by atoms with Gasteiger partial charge in [0.1, 0.15) is 0 Å². The van der Waals surface area contributed by atoms with E-state index in [2.05, 4.69) is 0 Å². The molecule has 0 fully saturated rings. The van der Waals surface area contributed by atoms with Crippen LogP contribution in [0.5, 0.6) is 0 Å². The first-order chi connectivity index (χ1) is 9.43. The molecule has 6 heteroatoms. The van der Waals surface area contributed by atoms with E-state index in [1.807, 2.05) is 20.8 Å². The smallest absolute Gasteiger partial charge is 0.340 e. The summed E-state index contributed by atoms with van der Waals surface area (Å²) in [6, 6.07) is 4.11. The maximum Gasteiger partial charge on any atom is 0.416 e. The summed E-state index contributed by atoms with van der Waals surface area (Å²) in [6.45, 7) is 5.81.